The van der Waals surface area contributed by atoms with Crippen molar-refractivity contribution in [3.05, 3.63) is 20.4 Å². The maximum absolute atomic E-state index is 10.3. The fourth-order valence-electron chi connectivity index (χ4n) is 0.516. The van der Waals surface area contributed by atoms with Crippen LogP contribution in [0.15, 0.2) is 9.59 Å². The maximum atomic E-state index is 10.3. The fraction of sp³-hybridized carbons (Fsp3) is 0. The van der Waals surface area contributed by atoms with Gasteiger partial charge in [-0.2, -0.15) is 0 Å². The summed E-state index contributed by atoms with van der Waals surface area (Å²) < 4.78 is 0. The maximum Gasteiger partial charge on any atom is 0.280 e. The van der Waals surface area contributed by atoms with E-state index in [0.717, 1.165) is 0 Å². The smallest absolute Gasteiger partial charge is 0.280 e. The zero-order chi connectivity index (χ0) is 7.72. The molecule has 0 atom stereocenters. The summed E-state index contributed by atoms with van der Waals surface area (Å²) in [5, 5.41) is 15.7. The Balaban J connectivity index is 3.16. The zero-order valence-corrected chi connectivity index (χ0v) is 4.53. The number of rotatable bonds is 2. The van der Waals surface area contributed by atoms with Crippen LogP contribution in [0.25, 0.3) is 0 Å². The van der Waals surface area contributed by atoms with Crippen molar-refractivity contribution in [3.8, 4) is 11.5 Å². The van der Waals surface area contributed by atoms with Gasteiger partial charge in [0.25, 0.3) is 22.4 Å². The largest absolute Gasteiger partial charge is 0.331 e. The fourth-order valence-corrected chi connectivity index (χ4v) is 0.516. The third-order valence-electron chi connectivity index (χ3n) is 1.01. The van der Waals surface area contributed by atoms with E-state index in [4.69, 9.17) is 10.5 Å². The topological polar surface area (TPSA) is 93.1 Å². The van der Waals surface area contributed by atoms with Crippen LogP contribution in [-0.2, 0) is 0 Å². The van der Waals surface area contributed by atoms with Crippen molar-refractivity contribution >= 4 is 0 Å². The van der Waals surface area contributed by atoms with Gasteiger partial charge in [0.05, 0.1) is 0 Å². The van der Waals surface area contributed by atoms with E-state index in [-0.39, 0.29) is 0 Å². The van der Waals surface area contributed by atoms with Crippen LogP contribution in [0.1, 0.15) is 0 Å². The summed E-state index contributed by atoms with van der Waals surface area (Å²) in [5.74, 6) is -1.35. The second-order valence-corrected chi connectivity index (χ2v) is 1.50. The Kier molecular flexibility index (Phi) is 1.40. The lowest BCUT2D eigenvalue weighted by molar-refractivity contribution is -0.168. The molecule has 0 aliphatic rings. The van der Waals surface area contributed by atoms with Crippen molar-refractivity contribution < 1.29 is 20.3 Å². The molecule has 0 spiro atoms. The summed E-state index contributed by atoms with van der Waals surface area (Å²) >= 11 is 0. The SMILES string of the molecule is O=c1c(OO)c(OO)c1=O. The summed E-state index contributed by atoms with van der Waals surface area (Å²) in [6.45, 7) is 0. The van der Waals surface area contributed by atoms with Crippen LogP contribution in [0.5, 0.6) is 11.5 Å². The molecular weight excluding hydrogens is 144 g/mol. The molecule has 0 radical (unpaired) electrons. The molecule has 0 unspecified atom stereocenters. The van der Waals surface area contributed by atoms with Gasteiger partial charge in [0.1, 0.15) is 0 Å². The third-order valence-corrected chi connectivity index (χ3v) is 1.01. The highest BCUT2D eigenvalue weighted by Crippen LogP contribution is 2.17. The van der Waals surface area contributed by atoms with Crippen LogP contribution in [0.4, 0.5) is 0 Å². The molecule has 0 fully saturated rings. The Morgan fingerprint density at radius 3 is 1.40 bits per heavy atom. The van der Waals surface area contributed by atoms with Crippen molar-refractivity contribution in [2.24, 2.45) is 0 Å². The quantitative estimate of drug-likeness (QED) is 0.315. The van der Waals surface area contributed by atoms with E-state index >= 15 is 0 Å². The summed E-state index contributed by atoms with van der Waals surface area (Å²) in [6.07, 6.45) is 0. The molecule has 0 amide bonds. The second kappa shape index (κ2) is 2.09. The van der Waals surface area contributed by atoms with E-state index in [0.29, 0.717) is 0 Å². The Morgan fingerprint density at radius 1 is 0.900 bits per heavy atom. The van der Waals surface area contributed by atoms with Crippen LogP contribution in [0, 0.1) is 0 Å². The second-order valence-electron chi connectivity index (χ2n) is 1.50. The lowest BCUT2D eigenvalue weighted by Crippen LogP contribution is -2.33. The Morgan fingerprint density at radius 2 is 1.20 bits per heavy atom. The van der Waals surface area contributed by atoms with E-state index in [1.807, 2.05) is 0 Å². The lowest BCUT2D eigenvalue weighted by Gasteiger charge is -2.01. The van der Waals surface area contributed by atoms with E-state index in [1.54, 1.807) is 0 Å². The molecule has 0 saturated heterocycles. The van der Waals surface area contributed by atoms with Crippen molar-refractivity contribution in [2.75, 3.05) is 0 Å². The summed E-state index contributed by atoms with van der Waals surface area (Å²) in [4.78, 5) is 27.3. The van der Waals surface area contributed by atoms with Crippen molar-refractivity contribution in [1.29, 1.82) is 0 Å². The summed E-state index contributed by atoms with van der Waals surface area (Å²) in [5.41, 5.74) is -2.04. The standard InChI is InChI=1S/C4H2O6/c5-1-2(6)4(10-8)3(1)9-7/h7-8H. The molecule has 0 heterocycles. The van der Waals surface area contributed by atoms with Crippen molar-refractivity contribution in [3.63, 3.8) is 0 Å². The third kappa shape index (κ3) is 0.598. The van der Waals surface area contributed by atoms with Gasteiger partial charge in [0.2, 0.25) is 0 Å². The van der Waals surface area contributed by atoms with Crippen molar-refractivity contribution in [2.45, 2.75) is 0 Å². The van der Waals surface area contributed by atoms with Gasteiger partial charge in [-0.15, -0.1) is 0 Å². The highest BCUT2D eigenvalue weighted by molar-refractivity contribution is 5.44. The van der Waals surface area contributed by atoms with Gasteiger partial charge in [0.15, 0.2) is 0 Å². The first-order valence-corrected chi connectivity index (χ1v) is 2.18. The molecule has 10 heavy (non-hydrogen) atoms. The molecule has 0 aliphatic carbocycles. The lowest BCUT2D eigenvalue weighted by atomic mass is 10.2. The van der Waals surface area contributed by atoms with Crippen LogP contribution in [-0.4, -0.2) is 10.5 Å². The molecule has 0 aliphatic heterocycles. The van der Waals surface area contributed by atoms with Crippen molar-refractivity contribution in [1.82, 2.24) is 0 Å². The Labute approximate surface area is 53.4 Å². The van der Waals surface area contributed by atoms with Crippen LogP contribution < -0.4 is 20.6 Å². The molecule has 6 heteroatoms. The first-order valence-electron chi connectivity index (χ1n) is 2.18. The van der Waals surface area contributed by atoms with E-state index < -0.39 is 22.4 Å². The minimum atomic E-state index is -1.02. The van der Waals surface area contributed by atoms with Gasteiger partial charge in [0, 0.05) is 0 Å². The van der Waals surface area contributed by atoms with Gasteiger partial charge in [-0.3, -0.25) is 9.59 Å². The van der Waals surface area contributed by atoms with Crippen LogP contribution in [0.2, 0.25) is 0 Å². The highest BCUT2D eigenvalue weighted by Gasteiger charge is 2.25. The Hall–Kier alpha value is -1.40. The molecule has 6 nitrogen and oxygen atoms in total. The monoisotopic (exact) mass is 146 g/mol. The van der Waals surface area contributed by atoms with Gasteiger partial charge < -0.3 is 9.78 Å². The number of hydrogen-bond acceptors (Lipinski definition) is 6. The molecule has 2 N–H and O–H groups in total. The molecule has 1 rings (SSSR count). The molecule has 0 aromatic heterocycles. The molecule has 0 saturated carbocycles. The molecular formula is C4H2O6. The first-order chi connectivity index (χ1) is 4.72. The minimum Gasteiger partial charge on any atom is -0.331 e. The molecule has 54 valence electrons. The average Bonchev–Trinajstić information content (AvgIpc) is 1.97. The van der Waals surface area contributed by atoms with Crippen LogP contribution >= 0.6 is 0 Å². The van der Waals surface area contributed by atoms with Gasteiger partial charge in [-0.1, -0.05) is 0 Å². The number of hydrogen-bond donors (Lipinski definition) is 2. The first kappa shape index (κ1) is 6.72. The van der Waals surface area contributed by atoms with Gasteiger partial charge >= 0.3 is 0 Å². The average molecular weight is 146 g/mol. The van der Waals surface area contributed by atoms with E-state index in [1.165, 1.54) is 0 Å². The normalized spacial score (nSPS) is 9.80. The van der Waals surface area contributed by atoms with E-state index in [9.17, 15) is 9.59 Å². The highest BCUT2D eigenvalue weighted by atomic mass is 17.1. The molecule has 0 bridgehead atoms. The molecule has 1 aromatic carbocycles. The zero-order valence-electron chi connectivity index (χ0n) is 4.53. The minimum absolute atomic E-state index is 0.674. The van der Waals surface area contributed by atoms with Gasteiger partial charge in [-0.05, 0) is 0 Å². The summed E-state index contributed by atoms with van der Waals surface area (Å²) in [7, 11) is 0. The summed E-state index contributed by atoms with van der Waals surface area (Å²) in [6, 6.07) is 0. The van der Waals surface area contributed by atoms with Gasteiger partial charge in [-0.25, -0.2) is 10.5 Å². The predicted octanol–water partition coefficient (Wildman–Crippen LogP) is -1.01. The van der Waals surface area contributed by atoms with Crippen LogP contribution in [0.3, 0.4) is 0 Å². The molecule has 1 aromatic rings. The van der Waals surface area contributed by atoms with E-state index in [2.05, 4.69) is 9.78 Å². The predicted molar refractivity (Wildman–Crippen MR) is 27.9 cm³/mol. The Bertz CT molecular complexity index is 273.